The monoisotopic (exact) mass is 294 g/mol. The molecule has 112 valence electrons. The zero-order chi connectivity index (χ0) is 14.7. The number of rotatable bonds is 4. The van der Waals surface area contributed by atoms with Gasteiger partial charge in [0.15, 0.2) is 11.1 Å². The SMILES string of the molecule is Cc1ccc([S@@](=O)O[C@@H]2C[C@@H](C)CC[C@H]2C(C)C)cc1. The van der Waals surface area contributed by atoms with Gasteiger partial charge in [0.25, 0.3) is 0 Å². The highest BCUT2D eigenvalue weighted by molar-refractivity contribution is 7.80. The first-order chi connectivity index (χ1) is 9.47. The highest BCUT2D eigenvalue weighted by Crippen LogP contribution is 2.36. The van der Waals surface area contributed by atoms with Crippen LogP contribution in [0, 0.1) is 24.7 Å². The Hall–Kier alpha value is -0.670. The molecule has 0 heterocycles. The van der Waals surface area contributed by atoms with Crippen LogP contribution in [0.1, 0.15) is 45.6 Å². The van der Waals surface area contributed by atoms with Crippen LogP contribution in [0.4, 0.5) is 0 Å². The van der Waals surface area contributed by atoms with E-state index in [-0.39, 0.29) is 6.10 Å². The van der Waals surface area contributed by atoms with E-state index in [2.05, 4.69) is 20.8 Å². The zero-order valence-corrected chi connectivity index (χ0v) is 13.8. The fourth-order valence-corrected chi connectivity index (χ4v) is 3.96. The first kappa shape index (κ1) is 15.7. The summed E-state index contributed by atoms with van der Waals surface area (Å²) in [7, 11) is 0. The van der Waals surface area contributed by atoms with Gasteiger partial charge in [0.05, 0.1) is 11.0 Å². The molecule has 3 heteroatoms. The molecule has 4 atom stereocenters. The van der Waals surface area contributed by atoms with Gasteiger partial charge in [0.1, 0.15) is 0 Å². The third kappa shape index (κ3) is 3.92. The second-order valence-corrected chi connectivity index (χ2v) is 7.64. The van der Waals surface area contributed by atoms with Crippen molar-refractivity contribution in [3.63, 3.8) is 0 Å². The summed E-state index contributed by atoms with van der Waals surface area (Å²) >= 11 is -1.34. The Balaban J connectivity index is 2.05. The molecule has 0 aromatic heterocycles. The van der Waals surface area contributed by atoms with Crippen molar-refractivity contribution in [3.05, 3.63) is 29.8 Å². The summed E-state index contributed by atoms with van der Waals surface area (Å²) in [5.41, 5.74) is 1.18. The molecule has 1 aliphatic carbocycles. The van der Waals surface area contributed by atoms with E-state index in [4.69, 9.17) is 4.18 Å². The Morgan fingerprint density at radius 1 is 1.20 bits per heavy atom. The van der Waals surface area contributed by atoms with Crippen LogP contribution < -0.4 is 0 Å². The molecule has 1 aliphatic rings. The van der Waals surface area contributed by atoms with Crippen molar-refractivity contribution >= 4 is 11.1 Å². The van der Waals surface area contributed by atoms with Crippen molar-refractivity contribution in [2.75, 3.05) is 0 Å². The summed E-state index contributed by atoms with van der Waals surface area (Å²) in [4.78, 5) is 0.774. The summed E-state index contributed by atoms with van der Waals surface area (Å²) in [6.45, 7) is 8.78. The molecule has 0 radical (unpaired) electrons. The minimum Gasteiger partial charge on any atom is -0.283 e. The summed E-state index contributed by atoms with van der Waals surface area (Å²) in [5.74, 6) is 1.79. The number of hydrogen-bond donors (Lipinski definition) is 0. The van der Waals surface area contributed by atoms with E-state index in [9.17, 15) is 4.21 Å². The topological polar surface area (TPSA) is 26.3 Å². The molecule has 0 unspecified atom stereocenters. The minimum absolute atomic E-state index is 0.126. The lowest BCUT2D eigenvalue weighted by Gasteiger charge is -2.36. The molecule has 0 saturated heterocycles. The second-order valence-electron chi connectivity index (χ2n) is 6.51. The quantitative estimate of drug-likeness (QED) is 0.817. The maximum absolute atomic E-state index is 12.4. The molecule has 20 heavy (non-hydrogen) atoms. The van der Waals surface area contributed by atoms with Gasteiger partial charge in [-0.2, -0.15) is 0 Å². The standard InChI is InChI=1S/C17H26O2S/c1-12(2)16-10-7-14(4)11-17(16)19-20(18)15-8-5-13(3)6-9-15/h5-6,8-9,12,14,16-17H,7,10-11H2,1-4H3/t14-,16-,17+,20-/m0/s1. The Morgan fingerprint density at radius 3 is 2.45 bits per heavy atom. The predicted octanol–water partition coefficient (Wildman–Crippen LogP) is 4.50. The first-order valence-corrected chi connectivity index (χ1v) is 8.70. The smallest absolute Gasteiger partial charge is 0.189 e. The van der Waals surface area contributed by atoms with Crippen LogP contribution >= 0.6 is 0 Å². The van der Waals surface area contributed by atoms with Crippen molar-refractivity contribution in [1.29, 1.82) is 0 Å². The van der Waals surface area contributed by atoms with E-state index in [0.29, 0.717) is 17.8 Å². The van der Waals surface area contributed by atoms with Gasteiger partial charge in [-0.15, -0.1) is 0 Å². The van der Waals surface area contributed by atoms with Gasteiger partial charge in [-0.25, -0.2) is 4.21 Å². The molecule has 1 fully saturated rings. The average Bonchev–Trinajstić information content (AvgIpc) is 2.39. The summed E-state index contributed by atoms with van der Waals surface area (Å²) in [6.07, 6.45) is 3.61. The first-order valence-electron chi connectivity index (χ1n) is 7.63. The van der Waals surface area contributed by atoms with E-state index < -0.39 is 11.1 Å². The third-order valence-electron chi connectivity index (χ3n) is 4.39. The molecule has 0 N–H and O–H groups in total. The molecule has 2 nitrogen and oxygen atoms in total. The zero-order valence-electron chi connectivity index (χ0n) is 13.0. The largest absolute Gasteiger partial charge is 0.283 e. The summed E-state index contributed by atoms with van der Waals surface area (Å²) < 4.78 is 18.3. The number of aryl methyl sites for hydroxylation is 1. The van der Waals surface area contributed by atoms with E-state index in [0.717, 1.165) is 11.3 Å². The summed E-state index contributed by atoms with van der Waals surface area (Å²) in [6, 6.07) is 7.78. The van der Waals surface area contributed by atoms with Crippen molar-refractivity contribution in [3.8, 4) is 0 Å². The maximum atomic E-state index is 12.4. The van der Waals surface area contributed by atoms with Crippen LogP contribution in [-0.2, 0) is 15.3 Å². The fourth-order valence-electron chi connectivity index (χ4n) is 3.04. The maximum Gasteiger partial charge on any atom is 0.189 e. The van der Waals surface area contributed by atoms with E-state index in [1.807, 2.05) is 31.2 Å². The Kier molecular flexibility index (Phi) is 5.39. The van der Waals surface area contributed by atoms with Crippen molar-refractivity contribution < 1.29 is 8.39 Å². The van der Waals surface area contributed by atoms with E-state index >= 15 is 0 Å². The molecule has 0 spiro atoms. The molecule has 0 aliphatic heterocycles. The lowest BCUT2D eigenvalue weighted by Crippen LogP contribution is -2.34. The lowest BCUT2D eigenvalue weighted by atomic mass is 9.75. The van der Waals surface area contributed by atoms with Gasteiger partial charge in [-0.1, -0.05) is 44.9 Å². The van der Waals surface area contributed by atoms with Gasteiger partial charge in [0.2, 0.25) is 0 Å². The molecule has 1 aromatic carbocycles. The third-order valence-corrected chi connectivity index (χ3v) is 5.46. The molecular formula is C17H26O2S. The van der Waals surface area contributed by atoms with Crippen LogP contribution in [-0.4, -0.2) is 10.3 Å². The highest BCUT2D eigenvalue weighted by atomic mass is 32.2. The Bertz CT molecular complexity index is 453. The van der Waals surface area contributed by atoms with Crippen molar-refractivity contribution in [2.24, 2.45) is 17.8 Å². The van der Waals surface area contributed by atoms with E-state index in [1.165, 1.54) is 18.4 Å². The van der Waals surface area contributed by atoms with Crippen LogP contribution in [0.5, 0.6) is 0 Å². The molecule has 0 amide bonds. The molecule has 1 saturated carbocycles. The van der Waals surface area contributed by atoms with Crippen LogP contribution in [0.3, 0.4) is 0 Å². The lowest BCUT2D eigenvalue weighted by molar-refractivity contribution is 0.0567. The van der Waals surface area contributed by atoms with Crippen LogP contribution in [0.25, 0.3) is 0 Å². The fraction of sp³-hybridized carbons (Fsp3) is 0.647. The average molecular weight is 294 g/mol. The van der Waals surface area contributed by atoms with Crippen molar-refractivity contribution in [1.82, 2.24) is 0 Å². The Morgan fingerprint density at radius 2 is 1.85 bits per heavy atom. The number of benzene rings is 1. The molecule has 2 rings (SSSR count). The summed E-state index contributed by atoms with van der Waals surface area (Å²) in [5, 5.41) is 0. The van der Waals surface area contributed by atoms with Gasteiger partial charge >= 0.3 is 0 Å². The van der Waals surface area contributed by atoms with E-state index in [1.54, 1.807) is 0 Å². The van der Waals surface area contributed by atoms with Gasteiger partial charge < -0.3 is 0 Å². The molecular weight excluding hydrogens is 268 g/mol. The minimum atomic E-state index is -1.34. The molecule has 1 aromatic rings. The van der Waals surface area contributed by atoms with Gasteiger partial charge in [0, 0.05) is 0 Å². The molecule has 0 bridgehead atoms. The normalized spacial score (nSPS) is 28.6. The second kappa shape index (κ2) is 6.86. The predicted molar refractivity (Wildman–Crippen MR) is 83.8 cm³/mol. The van der Waals surface area contributed by atoms with Gasteiger partial charge in [-0.3, -0.25) is 4.18 Å². The highest BCUT2D eigenvalue weighted by Gasteiger charge is 2.33. The number of hydrogen-bond acceptors (Lipinski definition) is 2. The van der Waals surface area contributed by atoms with Crippen LogP contribution in [0.2, 0.25) is 0 Å². The van der Waals surface area contributed by atoms with Crippen LogP contribution in [0.15, 0.2) is 29.2 Å². The van der Waals surface area contributed by atoms with Gasteiger partial charge in [-0.05, 0) is 49.7 Å². The Labute approximate surface area is 125 Å². The van der Waals surface area contributed by atoms with Crippen molar-refractivity contribution in [2.45, 2.75) is 58.0 Å².